The zero-order chi connectivity index (χ0) is 20.3. The molecule has 3 nitrogen and oxygen atoms in total. The van der Waals surface area contributed by atoms with Gasteiger partial charge in [-0.15, -0.1) is 18.5 Å². The first-order chi connectivity index (χ1) is 13.0. The van der Waals surface area contributed by atoms with E-state index < -0.39 is 12.1 Å². The highest BCUT2D eigenvalue weighted by molar-refractivity contribution is 7.28. The van der Waals surface area contributed by atoms with Crippen molar-refractivity contribution < 1.29 is 15.0 Å². The summed E-state index contributed by atoms with van der Waals surface area (Å²) < 4.78 is 0. The van der Waals surface area contributed by atoms with Gasteiger partial charge in [-0.2, -0.15) is 0 Å². The van der Waals surface area contributed by atoms with Gasteiger partial charge < -0.3 is 10.2 Å². The van der Waals surface area contributed by atoms with Crippen LogP contribution in [0.2, 0.25) is 0 Å². The van der Waals surface area contributed by atoms with Crippen molar-refractivity contribution in [3.63, 3.8) is 0 Å². The third-order valence-corrected chi connectivity index (χ3v) is 4.92. The average molecular weight is 408 g/mol. The zero-order valence-corrected chi connectivity index (χ0v) is 18.6. The fourth-order valence-electron chi connectivity index (χ4n) is 2.00. The fourth-order valence-corrected chi connectivity index (χ4v) is 2.44. The van der Waals surface area contributed by atoms with E-state index in [0.717, 1.165) is 36.3 Å². The lowest BCUT2D eigenvalue weighted by Gasteiger charge is -2.02. The van der Waals surface area contributed by atoms with Gasteiger partial charge in [0, 0.05) is 6.42 Å². The van der Waals surface area contributed by atoms with E-state index in [9.17, 15) is 9.90 Å². The molecule has 27 heavy (non-hydrogen) atoms. The SMILES string of the molecule is CC/C=C\CC/C=C/C(P)=C(P)\C=C\[C@@H](O)C/C=C\C/C=C\CCC(=O)O. The molecule has 0 bridgehead atoms. The number of carbonyl (C=O) groups is 1. The van der Waals surface area contributed by atoms with Gasteiger partial charge in [0.1, 0.15) is 0 Å². The Labute approximate surface area is 169 Å². The van der Waals surface area contributed by atoms with Gasteiger partial charge in [-0.3, -0.25) is 4.79 Å². The largest absolute Gasteiger partial charge is 0.481 e. The fraction of sp³-hybridized carbons (Fsp3) is 0.409. The lowest BCUT2D eigenvalue weighted by Crippen LogP contribution is -1.99. The second kappa shape index (κ2) is 18.1. The van der Waals surface area contributed by atoms with E-state index in [1.807, 2.05) is 30.4 Å². The van der Waals surface area contributed by atoms with Crippen LogP contribution in [0.5, 0.6) is 0 Å². The highest BCUT2D eigenvalue weighted by atomic mass is 31.0. The van der Waals surface area contributed by atoms with E-state index in [-0.39, 0.29) is 6.42 Å². The van der Waals surface area contributed by atoms with Crippen LogP contribution in [0.4, 0.5) is 0 Å². The number of unbranched alkanes of at least 4 members (excludes halogenated alkanes) is 1. The smallest absolute Gasteiger partial charge is 0.303 e. The summed E-state index contributed by atoms with van der Waals surface area (Å²) in [6.45, 7) is 2.13. The molecule has 0 aromatic carbocycles. The molecule has 0 rings (SSSR count). The van der Waals surface area contributed by atoms with Crippen LogP contribution in [0.3, 0.4) is 0 Å². The molecule has 0 spiro atoms. The lowest BCUT2D eigenvalue weighted by atomic mass is 10.2. The summed E-state index contributed by atoms with van der Waals surface area (Å²) in [4.78, 5) is 10.4. The topological polar surface area (TPSA) is 57.5 Å². The molecule has 2 N–H and O–H groups in total. The van der Waals surface area contributed by atoms with Gasteiger partial charge in [0.2, 0.25) is 0 Å². The second-order valence-electron chi connectivity index (χ2n) is 6.04. The minimum absolute atomic E-state index is 0.164. The minimum atomic E-state index is -0.777. The Balaban J connectivity index is 4.15. The summed E-state index contributed by atoms with van der Waals surface area (Å²) in [6.07, 6.45) is 24.7. The molecular weight excluding hydrogens is 374 g/mol. The molecule has 0 heterocycles. The number of carboxylic acids is 1. The van der Waals surface area contributed by atoms with Gasteiger partial charge in [-0.1, -0.05) is 67.7 Å². The van der Waals surface area contributed by atoms with Crippen molar-refractivity contribution in [3.8, 4) is 0 Å². The number of allylic oxidation sites excluding steroid dienone is 10. The van der Waals surface area contributed by atoms with Crippen molar-refractivity contribution in [3.05, 3.63) is 71.4 Å². The molecule has 0 aliphatic carbocycles. The highest BCUT2D eigenvalue weighted by Gasteiger charge is 1.96. The number of aliphatic carboxylic acids is 1. The summed E-state index contributed by atoms with van der Waals surface area (Å²) in [5.74, 6) is -0.777. The Kier molecular flexibility index (Phi) is 17.3. The predicted octanol–water partition coefficient (Wildman–Crippen LogP) is 5.93. The number of aliphatic hydroxyl groups is 1. The summed E-state index contributed by atoms with van der Waals surface area (Å²) in [6, 6.07) is 0. The molecule has 3 atom stereocenters. The summed E-state index contributed by atoms with van der Waals surface area (Å²) in [7, 11) is 5.41. The molecule has 0 saturated carbocycles. The second-order valence-corrected chi connectivity index (χ2v) is 7.29. The van der Waals surface area contributed by atoms with Crippen molar-refractivity contribution in [1.29, 1.82) is 0 Å². The maximum atomic E-state index is 10.4. The van der Waals surface area contributed by atoms with Crippen molar-refractivity contribution in [2.45, 2.75) is 58.0 Å². The van der Waals surface area contributed by atoms with Crippen molar-refractivity contribution >= 4 is 24.4 Å². The third-order valence-electron chi connectivity index (χ3n) is 3.54. The molecule has 0 saturated heterocycles. The van der Waals surface area contributed by atoms with Gasteiger partial charge >= 0.3 is 5.97 Å². The van der Waals surface area contributed by atoms with Crippen LogP contribution in [0, 0.1) is 0 Å². The van der Waals surface area contributed by atoms with Crippen LogP contribution in [0.15, 0.2) is 71.4 Å². The quantitative estimate of drug-likeness (QED) is 0.162. The van der Waals surface area contributed by atoms with E-state index in [0.29, 0.717) is 12.8 Å². The molecule has 0 amide bonds. The normalized spacial score (nSPS) is 15.0. The van der Waals surface area contributed by atoms with E-state index in [4.69, 9.17) is 5.11 Å². The van der Waals surface area contributed by atoms with E-state index in [1.165, 1.54) is 0 Å². The number of hydrogen-bond acceptors (Lipinski definition) is 2. The van der Waals surface area contributed by atoms with Crippen molar-refractivity contribution in [2.75, 3.05) is 0 Å². The maximum Gasteiger partial charge on any atom is 0.303 e. The van der Waals surface area contributed by atoms with Crippen LogP contribution in [-0.4, -0.2) is 22.3 Å². The van der Waals surface area contributed by atoms with E-state index >= 15 is 0 Å². The van der Waals surface area contributed by atoms with Crippen LogP contribution in [-0.2, 0) is 4.79 Å². The molecule has 0 aliphatic rings. The molecule has 0 aliphatic heterocycles. The Bertz CT molecular complexity index is 584. The molecular formula is C22H34O3P2. The van der Waals surface area contributed by atoms with Gasteiger partial charge in [-0.05, 0) is 49.2 Å². The molecule has 0 aromatic rings. The molecule has 0 fully saturated rings. The van der Waals surface area contributed by atoms with Crippen molar-refractivity contribution in [1.82, 2.24) is 0 Å². The van der Waals surface area contributed by atoms with Crippen molar-refractivity contribution in [2.24, 2.45) is 0 Å². The molecule has 0 radical (unpaired) electrons. The zero-order valence-electron chi connectivity index (χ0n) is 16.3. The maximum absolute atomic E-state index is 10.4. The van der Waals surface area contributed by atoms with Gasteiger partial charge in [0.15, 0.2) is 0 Å². The van der Waals surface area contributed by atoms with E-state index in [1.54, 1.807) is 6.08 Å². The third kappa shape index (κ3) is 17.9. The van der Waals surface area contributed by atoms with Crippen LogP contribution >= 0.6 is 18.5 Å². The molecule has 2 unspecified atom stereocenters. The standard InChI is InChI=1S/C22H34O3P2/c1-2-3-4-5-9-12-15-20(26)21(27)18-17-19(23)14-11-8-6-7-10-13-16-22(24)25/h3-4,7-8,10-12,15,17-19,23H,2,5-6,9,13-14,16,26-27H2,1H3,(H,24,25)/b4-3-,10-7-,11-8-,15-12+,18-17+,21-20-/t19-/m0/s1. The molecule has 0 aromatic heterocycles. The Morgan fingerprint density at radius 2 is 1.52 bits per heavy atom. The Morgan fingerprint density at radius 1 is 0.889 bits per heavy atom. The van der Waals surface area contributed by atoms with Gasteiger partial charge in [-0.25, -0.2) is 0 Å². The first-order valence-corrected chi connectivity index (χ1v) is 10.6. The van der Waals surface area contributed by atoms with E-state index in [2.05, 4.69) is 49.7 Å². The van der Waals surface area contributed by atoms with Crippen LogP contribution in [0.1, 0.15) is 51.9 Å². The van der Waals surface area contributed by atoms with Crippen LogP contribution < -0.4 is 0 Å². The number of rotatable bonds is 14. The Morgan fingerprint density at radius 3 is 2.22 bits per heavy atom. The summed E-state index contributed by atoms with van der Waals surface area (Å²) >= 11 is 0. The minimum Gasteiger partial charge on any atom is -0.481 e. The van der Waals surface area contributed by atoms with Crippen LogP contribution in [0.25, 0.3) is 0 Å². The van der Waals surface area contributed by atoms with Gasteiger partial charge in [0.25, 0.3) is 0 Å². The number of hydrogen-bond donors (Lipinski definition) is 2. The lowest BCUT2D eigenvalue weighted by molar-refractivity contribution is -0.136. The summed E-state index contributed by atoms with van der Waals surface area (Å²) in [5.41, 5.74) is 0. The monoisotopic (exact) mass is 408 g/mol. The average Bonchev–Trinajstić information content (AvgIpc) is 2.64. The Hall–Kier alpha value is -1.27. The number of carboxylic acid groups (broad SMARTS) is 1. The summed E-state index contributed by atoms with van der Waals surface area (Å²) in [5, 5.41) is 20.6. The first kappa shape index (κ1) is 25.7. The first-order valence-electron chi connectivity index (χ1n) is 9.42. The number of aliphatic hydroxyl groups excluding tert-OH is 1. The van der Waals surface area contributed by atoms with Gasteiger partial charge in [0.05, 0.1) is 6.10 Å². The highest BCUT2D eigenvalue weighted by Crippen LogP contribution is 2.21. The predicted molar refractivity (Wildman–Crippen MR) is 124 cm³/mol. The molecule has 150 valence electrons. The molecule has 5 heteroatoms.